The van der Waals surface area contributed by atoms with Gasteiger partial charge in [0.25, 0.3) is 5.82 Å². The van der Waals surface area contributed by atoms with Gasteiger partial charge in [0.2, 0.25) is 0 Å². The molecule has 2 heterocycles. The number of alkyl halides is 3. The summed E-state index contributed by atoms with van der Waals surface area (Å²) in [6, 6.07) is 5.90. The highest BCUT2D eigenvalue weighted by atomic mass is 32.2. The highest BCUT2D eigenvalue weighted by molar-refractivity contribution is 7.90. The summed E-state index contributed by atoms with van der Waals surface area (Å²) in [5.74, 6) is -2.37. The van der Waals surface area contributed by atoms with Gasteiger partial charge in [-0.15, -0.1) is 15.3 Å². The fourth-order valence-electron chi connectivity index (χ4n) is 2.19. The maximum atomic E-state index is 13.5. The van der Waals surface area contributed by atoms with Gasteiger partial charge in [-0.25, -0.2) is 17.8 Å². The van der Waals surface area contributed by atoms with Crippen molar-refractivity contribution < 1.29 is 26.0 Å². The van der Waals surface area contributed by atoms with Gasteiger partial charge in [-0.05, 0) is 42.8 Å². The lowest BCUT2D eigenvalue weighted by Gasteiger charge is -2.06. The topological polar surface area (TPSA) is 90.6 Å². The Labute approximate surface area is 150 Å². The summed E-state index contributed by atoms with van der Waals surface area (Å²) < 4.78 is 76.4. The Morgan fingerprint density at radius 3 is 2.30 bits per heavy atom. The molecule has 0 aliphatic rings. The summed E-state index contributed by atoms with van der Waals surface area (Å²) in [5, 5.41) is 10.2. The molecular weight excluding hydrogens is 390 g/mol. The molecular formula is C15H11F4N5O2S. The zero-order valence-corrected chi connectivity index (χ0v) is 14.7. The lowest BCUT2D eigenvalue weighted by molar-refractivity contribution is -0.144. The predicted octanol–water partition coefficient (Wildman–Crippen LogP) is 2.59. The van der Waals surface area contributed by atoms with E-state index in [0.717, 1.165) is 29.1 Å². The highest BCUT2D eigenvalue weighted by Crippen LogP contribution is 2.30. The standard InChI is InChI=1S/C15H11F4N5O2S/c1-8-7-9(3-4-10(8)16)13-20-14(15(17,18)19)23-24(13)11-5-6-12(22-21-11)27(2,25)26/h3-7H,1-2H3. The number of benzene rings is 1. The second-order valence-corrected chi connectivity index (χ2v) is 7.60. The molecule has 27 heavy (non-hydrogen) atoms. The molecule has 0 radical (unpaired) electrons. The summed E-state index contributed by atoms with van der Waals surface area (Å²) in [6.45, 7) is 1.45. The van der Waals surface area contributed by atoms with Gasteiger partial charge in [0, 0.05) is 11.8 Å². The lowest BCUT2D eigenvalue weighted by Crippen LogP contribution is -2.10. The van der Waals surface area contributed by atoms with Crippen LogP contribution in [0.2, 0.25) is 0 Å². The molecule has 0 spiro atoms. The van der Waals surface area contributed by atoms with Gasteiger partial charge in [-0.2, -0.15) is 17.9 Å². The van der Waals surface area contributed by atoms with Gasteiger partial charge in [0.05, 0.1) is 0 Å². The van der Waals surface area contributed by atoms with Crippen LogP contribution < -0.4 is 0 Å². The third-order valence-corrected chi connectivity index (χ3v) is 4.48. The number of rotatable bonds is 3. The molecule has 7 nitrogen and oxygen atoms in total. The van der Waals surface area contributed by atoms with Crippen LogP contribution in [0.3, 0.4) is 0 Å². The molecule has 3 aromatic rings. The van der Waals surface area contributed by atoms with Crippen molar-refractivity contribution in [2.45, 2.75) is 18.1 Å². The zero-order chi connectivity index (χ0) is 20.0. The molecule has 0 fully saturated rings. The molecule has 142 valence electrons. The quantitative estimate of drug-likeness (QED) is 0.627. The van der Waals surface area contributed by atoms with E-state index >= 15 is 0 Å². The van der Waals surface area contributed by atoms with E-state index in [1.165, 1.54) is 19.1 Å². The molecule has 0 N–H and O–H groups in total. The van der Waals surface area contributed by atoms with E-state index in [0.29, 0.717) is 0 Å². The Kier molecular flexibility index (Phi) is 4.46. The molecule has 1 aromatic carbocycles. The largest absolute Gasteiger partial charge is 0.453 e. The maximum absolute atomic E-state index is 13.5. The lowest BCUT2D eigenvalue weighted by atomic mass is 10.1. The fraction of sp³-hybridized carbons (Fsp3) is 0.200. The third-order valence-electron chi connectivity index (χ3n) is 3.50. The van der Waals surface area contributed by atoms with E-state index in [1.54, 1.807) is 0 Å². The minimum absolute atomic E-state index is 0.172. The first-order chi connectivity index (χ1) is 12.5. The van der Waals surface area contributed by atoms with Crippen LogP contribution in [-0.4, -0.2) is 39.6 Å². The number of halogens is 4. The number of hydrogen-bond donors (Lipinski definition) is 0. The molecule has 0 aliphatic carbocycles. The molecule has 0 saturated heterocycles. The van der Waals surface area contributed by atoms with Gasteiger partial charge < -0.3 is 0 Å². The van der Waals surface area contributed by atoms with Crippen LogP contribution in [0, 0.1) is 12.7 Å². The van der Waals surface area contributed by atoms with Crippen molar-refractivity contribution in [1.29, 1.82) is 0 Å². The van der Waals surface area contributed by atoms with Gasteiger partial charge in [0.15, 0.2) is 26.5 Å². The maximum Gasteiger partial charge on any atom is 0.453 e. The second-order valence-electron chi connectivity index (χ2n) is 5.63. The summed E-state index contributed by atoms with van der Waals surface area (Å²) in [6.07, 6.45) is -3.91. The van der Waals surface area contributed by atoms with E-state index in [1.807, 2.05) is 0 Å². The van der Waals surface area contributed by atoms with Crippen LogP contribution in [0.5, 0.6) is 0 Å². The molecule has 3 rings (SSSR count). The monoisotopic (exact) mass is 401 g/mol. The van der Waals surface area contributed by atoms with Crippen molar-refractivity contribution in [3.8, 4) is 17.2 Å². The van der Waals surface area contributed by atoms with Crippen molar-refractivity contribution in [3.63, 3.8) is 0 Å². The summed E-state index contributed by atoms with van der Waals surface area (Å²) in [4.78, 5) is 3.49. The second kappa shape index (κ2) is 6.37. The minimum atomic E-state index is -4.82. The summed E-state index contributed by atoms with van der Waals surface area (Å²) in [7, 11) is -3.63. The van der Waals surface area contributed by atoms with Crippen molar-refractivity contribution >= 4 is 9.84 Å². The number of hydrogen-bond acceptors (Lipinski definition) is 6. The van der Waals surface area contributed by atoms with E-state index in [9.17, 15) is 26.0 Å². The van der Waals surface area contributed by atoms with Crippen LogP contribution >= 0.6 is 0 Å². The van der Waals surface area contributed by atoms with Crippen LogP contribution in [-0.2, 0) is 16.0 Å². The first-order valence-electron chi connectivity index (χ1n) is 7.32. The van der Waals surface area contributed by atoms with Crippen LogP contribution in [0.15, 0.2) is 35.4 Å². The van der Waals surface area contributed by atoms with Gasteiger partial charge in [0.1, 0.15) is 5.82 Å². The smallest absolute Gasteiger partial charge is 0.222 e. The molecule has 0 bridgehead atoms. The average Bonchev–Trinajstić information content (AvgIpc) is 3.02. The number of nitrogens with zero attached hydrogens (tertiary/aromatic N) is 5. The van der Waals surface area contributed by atoms with Gasteiger partial charge in [-0.1, -0.05) is 0 Å². The zero-order valence-electron chi connectivity index (χ0n) is 13.9. The highest BCUT2D eigenvalue weighted by Gasteiger charge is 2.37. The minimum Gasteiger partial charge on any atom is -0.222 e. The Hall–Kier alpha value is -2.89. The molecule has 0 saturated carbocycles. The van der Waals surface area contributed by atoms with E-state index in [-0.39, 0.29) is 27.8 Å². The molecule has 12 heteroatoms. The van der Waals surface area contributed by atoms with Gasteiger partial charge in [-0.3, -0.25) is 0 Å². The average molecular weight is 401 g/mol. The van der Waals surface area contributed by atoms with Crippen LogP contribution in [0.4, 0.5) is 17.6 Å². The Morgan fingerprint density at radius 2 is 1.78 bits per heavy atom. The van der Waals surface area contributed by atoms with Crippen molar-refractivity contribution in [3.05, 3.63) is 47.5 Å². The summed E-state index contributed by atoms with van der Waals surface area (Å²) in [5.41, 5.74) is 0.375. The Bertz CT molecular complexity index is 1110. The normalized spacial score (nSPS) is 12.4. The van der Waals surface area contributed by atoms with Crippen molar-refractivity contribution in [2.24, 2.45) is 0 Å². The Morgan fingerprint density at radius 1 is 1.07 bits per heavy atom. The van der Waals surface area contributed by atoms with E-state index < -0.39 is 27.7 Å². The number of sulfone groups is 1. The first-order valence-corrected chi connectivity index (χ1v) is 9.21. The fourth-order valence-corrected chi connectivity index (χ4v) is 2.69. The molecule has 0 aliphatic heterocycles. The van der Waals surface area contributed by atoms with E-state index in [4.69, 9.17) is 0 Å². The molecule has 0 amide bonds. The number of aromatic nitrogens is 5. The SMILES string of the molecule is Cc1cc(-c2nc(C(F)(F)F)nn2-c2ccc(S(C)(=O)=O)nn2)ccc1F. The molecule has 0 atom stereocenters. The first kappa shape index (κ1) is 18.9. The predicted molar refractivity (Wildman–Crippen MR) is 85.2 cm³/mol. The van der Waals surface area contributed by atoms with Crippen molar-refractivity contribution in [1.82, 2.24) is 25.0 Å². The van der Waals surface area contributed by atoms with Gasteiger partial charge >= 0.3 is 6.18 Å². The van der Waals surface area contributed by atoms with E-state index in [2.05, 4.69) is 20.3 Å². The number of aryl methyl sites for hydroxylation is 1. The van der Waals surface area contributed by atoms with Crippen molar-refractivity contribution in [2.75, 3.05) is 6.26 Å². The Balaban J connectivity index is 2.19. The third kappa shape index (κ3) is 3.79. The molecule has 0 unspecified atom stereocenters. The van der Waals surface area contributed by atoms with Crippen LogP contribution in [0.25, 0.3) is 17.2 Å². The van der Waals surface area contributed by atoms with Crippen LogP contribution in [0.1, 0.15) is 11.4 Å². The molecule has 2 aromatic heterocycles. The summed E-state index contributed by atoms with van der Waals surface area (Å²) >= 11 is 0.